The topological polar surface area (TPSA) is 35.2 Å². The second-order valence-electron chi connectivity index (χ2n) is 4.26. The highest BCUT2D eigenvalue weighted by molar-refractivity contribution is 5.42. The number of aryl methyl sites for hydroxylation is 1. The smallest absolute Gasteiger partial charge is 0.122 e. The van der Waals surface area contributed by atoms with Crippen molar-refractivity contribution < 1.29 is 4.74 Å². The Morgan fingerprint density at radius 1 is 1.57 bits per heavy atom. The van der Waals surface area contributed by atoms with Crippen LogP contribution < -0.4 is 10.5 Å². The molecule has 76 valence electrons. The van der Waals surface area contributed by atoms with E-state index in [1.807, 2.05) is 6.92 Å². The number of hydrogen-bond acceptors (Lipinski definition) is 2. The highest BCUT2D eigenvalue weighted by Crippen LogP contribution is 2.36. The van der Waals surface area contributed by atoms with Crippen LogP contribution in [0.2, 0.25) is 0 Å². The largest absolute Gasteiger partial charge is 0.493 e. The maximum Gasteiger partial charge on any atom is 0.122 e. The zero-order chi connectivity index (χ0) is 10.1. The molecule has 0 amide bonds. The van der Waals surface area contributed by atoms with Crippen LogP contribution in [-0.4, -0.2) is 12.6 Å². The number of benzene rings is 1. The Labute approximate surface area is 85.1 Å². The predicted octanol–water partition coefficient (Wildman–Crippen LogP) is 2.21. The first-order valence-electron chi connectivity index (χ1n) is 5.15. The van der Waals surface area contributed by atoms with Crippen molar-refractivity contribution in [1.82, 2.24) is 0 Å². The summed E-state index contributed by atoms with van der Waals surface area (Å²) in [7, 11) is 0. The lowest BCUT2D eigenvalue weighted by molar-refractivity contribution is 0.320. The lowest BCUT2D eigenvalue weighted by Gasteiger charge is -2.11. The van der Waals surface area contributed by atoms with Crippen molar-refractivity contribution in [3.8, 4) is 5.75 Å². The minimum absolute atomic E-state index is 0.245. The molecule has 1 aliphatic rings. The van der Waals surface area contributed by atoms with Gasteiger partial charge in [-0.1, -0.05) is 17.7 Å². The average Bonchev–Trinajstić information content (AvgIpc) is 2.47. The van der Waals surface area contributed by atoms with Gasteiger partial charge in [0.2, 0.25) is 0 Å². The third-order valence-electron chi connectivity index (χ3n) is 2.70. The fourth-order valence-electron chi connectivity index (χ4n) is 2.04. The molecule has 0 aromatic heterocycles. The van der Waals surface area contributed by atoms with E-state index in [4.69, 9.17) is 10.5 Å². The normalized spacial score (nSPS) is 21.5. The Hall–Kier alpha value is -1.02. The van der Waals surface area contributed by atoms with E-state index in [1.165, 1.54) is 11.1 Å². The summed E-state index contributed by atoms with van der Waals surface area (Å²) in [6, 6.07) is 6.61. The quantitative estimate of drug-likeness (QED) is 0.777. The molecule has 0 fully saturated rings. The zero-order valence-electron chi connectivity index (χ0n) is 8.79. The predicted molar refractivity (Wildman–Crippen MR) is 57.7 cm³/mol. The number of hydrogen-bond donors (Lipinski definition) is 1. The van der Waals surface area contributed by atoms with Gasteiger partial charge in [-0.15, -0.1) is 0 Å². The Morgan fingerprint density at radius 2 is 2.36 bits per heavy atom. The van der Waals surface area contributed by atoms with Crippen LogP contribution in [0.4, 0.5) is 0 Å². The summed E-state index contributed by atoms with van der Waals surface area (Å²) in [6.07, 6.45) is 1.01. The highest BCUT2D eigenvalue weighted by Gasteiger charge is 2.24. The summed E-state index contributed by atoms with van der Waals surface area (Å²) < 4.78 is 5.61. The molecule has 0 saturated carbocycles. The van der Waals surface area contributed by atoms with Gasteiger partial charge in [0, 0.05) is 17.5 Å². The first kappa shape index (κ1) is 9.53. The maximum atomic E-state index is 5.81. The Morgan fingerprint density at radius 3 is 3.07 bits per heavy atom. The van der Waals surface area contributed by atoms with Gasteiger partial charge in [0.05, 0.1) is 6.61 Å². The third-order valence-corrected chi connectivity index (χ3v) is 2.70. The molecule has 0 spiro atoms. The van der Waals surface area contributed by atoms with Crippen LogP contribution in [0, 0.1) is 6.92 Å². The van der Waals surface area contributed by atoms with Crippen LogP contribution in [0.15, 0.2) is 18.2 Å². The summed E-state index contributed by atoms with van der Waals surface area (Å²) in [6.45, 7) is 4.95. The molecule has 0 aliphatic carbocycles. The van der Waals surface area contributed by atoms with E-state index in [2.05, 4.69) is 25.1 Å². The second kappa shape index (κ2) is 3.62. The van der Waals surface area contributed by atoms with Gasteiger partial charge in [-0.05, 0) is 26.3 Å². The van der Waals surface area contributed by atoms with Crippen LogP contribution in [0.1, 0.15) is 30.4 Å². The average molecular weight is 191 g/mol. The van der Waals surface area contributed by atoms with Crippen molar-refractivity contribution in [2.24, 2.45) is 5.73 Å². The molecule has 2 rings (SSSR count). The van der Waals surface area contributed by atoms with Gasteiger partial charge >= 0.3 is 0 Å². The van der Waals surface area contributed by atoms with Gasteiger partial charge in [-0.25, -0.2) is 0 Å². The van der Waals surface area contributed by atoms with E-state index in [1.54, 1.807) is 0 Å². The summed E-state index contributed by atoms with van der Waals surface area (Å²) in [5.74, 6) is 1.53. The van der Waals surface area contributed by atoms with Crippen LogP contribution in [0.25, 0.3) is 0 Å². The molecule has 0 radical (unpaired) electrons. The van der Waals surface area contributed by atoms with Crippen molar-refractivity contribution in [1.29, 1.82) is 0 Å². The first-order valence-corrected chi connectivity index (χ1v) is 5.15. The summed E-state index contributed by atoms with van der Waals surface area (Å²) in [4.78, 5) is 0. The lowest BCUT2D eigenvalue weighted by atomic mass is 9.94. The fraction of sp³-hybridized carbons (Fsp3) is 0.500. The summed E-state index contributed by atoms with van der Waals surface area (Å²) in [5.41, 5.74) is 8.44. The van der Waals surface area contributed by atoms with Gasteiger partial charge in [0.1, 0.15) is 5.75 Å². The van der Waals surface area contributed by atoms with E-state index >= 15 is 0 Å². The number of fused-ring (bicyclic) bond motifs is 1. The molecule has 1 aliphatic heterocycles. The molecule has 0 bridgehead atoms. The molecule has 14 heavy (non-hydrogen) atoms. The molecule has 2 atom stereocenters. The minimum atomic E-state index is 0.245. The van der Waals surface area contributed by atoms with Crippen molar-refractivity contribution >= 4 is 0 Å². The molecular formula is C12H17NO. The maximum absolute atomic E-state index is 5.81. The van der Waals surface area contributed by atoms with Crippen LogP contribution in [-0.2, 0) is 0 Å². The monoisotopic (exact) mass is 191 g/mol. The molecule has 1 aromatic carbocycles. The van der Waals surface area contributed by atoms with E-state index in [-0.39, 0.29) is 6.04 Å². The third kappa shape index (κ3) is 1.75. The molecular weight excluding hydrogens is 174 g/mol. The van der Waals surface area contributed by atoms with E-state index in [0.717, 1.165) is 18.8 Å². The van der Waals surface area contributed by atoms with E-state index < -0.39 is 0 Å². The molecule has 2 N–H and O–H groups in total. The lowest BCUT2D eigenvalue weighted by Crippen LogP contribution is -2.19. The molecule has 0 saturated heterocycles. The second-order valence-corrected chi connectivity index (χ2v) is 4.26. The SMILES string of the molecule is Cc1ccc2c(c1)C(CC(C)N)CO2. The van der Waals surface area contributed by atoms with Crippen molar-refractivity contribution in [2.75, 3.05) is 6.61 Å². The number of ether oxygens (including phenoxy) is 1. The van der Waals surface area contributed by atoms with Crippen LogP contribution in [0.5, 0.6) is 5.75 Å². The Kier molecular flexibility index (Phi) is 2.46. The van der Waals surface area contributed by atoms with E-state index in [0.29, 0.717) is 5.92 Å². The van der Waals surface area contributed by atoms with Crippen LogP contribution >= 0.6 is 0 Å². The highest BCUT2D eigenvalue weighted by atomic mass is 16.5. The van der Waals surface area contributed by atoms with Crippen molar-refractivity contribution in [2.45, 2.75) is 32.2 Å². The Balaban J connectivity index is 2.24. The van der Waals surface area contributed by atoms with E-state index in [9.17, 15) is 0 Å². The molecule has 2 nitrogen and oxygen atoms in total. The molecule has 2 heteroatoms. The van der Waals surface area contributed by atoms with Crippen LogP contribution in [0.3, 0.4) is 0 Å². The molecule has 2 unspecified atom stereocenters. The number of rotatable bonds is 2. The standard InChI is InChI=1S/C12H17NO/c1-8-3-4-12-11(5-8)10(7-14-12)6-9(2)13/h3-5,9-10H,6-7,13H2,1-2H3. The molecule has 1 heterocycles. The number of nitrogens with two attached hydrogens (primary N) is 1. The van der Waals surface area contributed by atoms with Crippen molar-refractivity contribution in [3.05, 3.63) is 29.3 Å². The summed E-state index contributed by atoms with van der Waals surface area (Å²) >= 11 is 0. The van der Waals surface area contributed by atoms with Crippen molar-refractivity contribution in [3.63, 3.8) is 0 Å². The fourth-order valence-corrected chi connectivity index (χ4v) is 2.04. The first-order chi connectivity index (χ1) is 6.66. The van der Waals surface area contributed by atoms with Gasteiger partial charge in [-0.2, -0.15) is 0 Å². The Bertz CT molecular complexity index is 333. The van der Waals surface area contributed by atoms with Gasteiger partial charge in [0.25, 0.3) is 0 Å². The minimum Gasteiger partial charge on any atom is -0.493 e. The van der Waals surface area contributed by atoms with Gasteiger partial charge in [-0.3, -0.25) is 0 Å². The van der Waals surface area contributed by atoms with Gasteiger partial charge < -0.3 is 10.5 Å². The zero-order valence-corrected chi connectivity index (χ0v) is 8.79. The van der Waals surface area contributed by atoms with Gasteiger partial charge in [0.15, 0.2) is 0 Å². The summed E-state index contributed by atoms with van der Waals surface area (Å²) in [5, 5.41) is 0. The molecule has 1 aromatic rings.